The molecule has 0 aliphatic rings. The van der Waals surface area contributed by atoms with Gasteiger partial charge in [-0.3, -0.25) is 0 Å². The van der Waals surface area contributed by atoms with Crippen LogP contribution in [0.3, 0.4) is 0 Å². The molecule has 0 fully saturated rings. The van der Waals surface area contributed by atoms with Gasteiger partial charge in [-0.05, 0) is 41.6 Å². The van der Waals surface area contributed by atoms with Crippen LogP contribution in [0, 0.1) is 0 Å². The van der Waals surface area contributed by atoms with Gasteiger partial charge in [-0.1, -0.05) is 25.5 Å². The largest absolute Gasteiger partial charge is 0.508 e. The fourth-order valence-electron chi connectivity index (χ4n) is 1.83. The van der Waals surface area contributed by atoms with Gasteiger partial charge in [-0.25, -0.2) is 0 Å². The number of hydrogen-bond donors (Lipinski definition) is 2. The lowest BCUT2D eigenvalue weighted by Crippen LogP contribution is -1.87. The highest BCUT2D eigenvalue weighted by Gasteiger charge is 2.07. The lowest BCUT2D eigenvalue weighted by atomic mass is 10.0. The van der Waals surface area contributed by atoms with Gasteiger partial charge in [0.25, 0.3) is 0 Å². The van der Waals surface area contributed by atoms with E-state index >= 15 is 0 Å². The van der Waals surface area contributed by atoms with Crippen molar-refractivity contribution in [3.8, 4) is 11.5 Å². The summed E-state index contributed by atoms with van der Waals surface area (Å²) in [6, 6.07) is 7.39. The fourth-order valence-corrected chi connectivity index (χ4v) is 2.45. The zero-order chi connectivity index (χ0) is 13.0. The number of phenolic OH excluding ortho intramolecular Hbond substituents is 2. The topological polar surface area (TPSA) is 40.5 Å². The number of aromatic hydroxyl groups is 2. The first-order chi connectivity index (χ1) is 8.70. The van der Waals surface area contributed by atoms with E-state index in [1.165, 1.54) is 0 Å². The standard InChI is InChI=1S/C15H16O2S/c1-2-4-13-14(16)9-11(10-15(13)17)6-7-12-5-3-8-18-12/h3,5-10,16-17H,2,4H2,1H3. The molecule has 2 rings (SSSR count). The monoisotopic (exact) mass is 260 g/mol. The quantitative estimate of drug-likeness (QED) is 0.861. The van der Waals surface area contributed by atoms with E-state index in [4.69, 9.17) is 0 Å². The van der Waals surface area contributed by atoms with Crippen LogP contribution < -0.4 is 0 Å². The molecule has 1 aromatic carbocycles. The Bertz CT molecular complexity index is 519. The van der Waals surface area contributed by atoms with Crippen molar-refractivity contribution < 1.29 is 10.2 Å². The summed E-state index contributed by atoms with van der Waals surface area (Å²) in [5.74, 6) is 0.338. The predicted molar refractivity (Wildman–Crippen MR) is 77.0 cm³/mol. The Morgan fingerprint density at radius 2 is 1.89 bits per heavy atom. The average Bonchev–Trinajstić information content (AvgIpc) is 2.84. The van der Waals surface area contributed by atoms with E-state index in [-0.39, 0.29) is 11.5 Å². The molecule has 2 N–H and O–H groups in total. The molecule has 0 atom stereocenters. The molecule has 0 amide bonds. The summed E-state index contributed by atoms with van der Waals surface area (Å²) in [4.78, 5) is 1.15. The molecular weight excluding hydrogens is 244 g/mol. The minimum absolute atomic E-state index is 0.169. The van der Waals surface area contributed by atoms with E-state index < -0.39 is 0 Å². The summed E-state index contributed by atoms with van der Waals surface area (Å²) in [6.07, 6.45) is 5.44. The van der Waals surface area contributed by atoms with Crippen molar-refractivity contribution in [2.75, 3.05) is 0 Å². The van der Waals surface area contributed by atoms with Crippen LogP contribution in [0.4, 0.5) is 0 Å². The Kier molecular flexibility index (Phi) is 4.05. The van der Waals surface area contributed by atoms with Crippen LogP contribution >= 0.6 is 11.3 Å². The molecule has 1 heterocycles. The summed E-state index contributed by atoms with van der Waals surface area (Å²) in [7, 11) is 0. The summed E-state index contributed by atoms with van der Waals surface area (Å²) >= 11 is 1.65. The lowest BCUT2D eigenvalue weighted by molar-refractivity contribution is 0.437. The lowest BCUT2D eigenvalue weighted by Gasteiger charge is -2.07. The first kappa shape index (κ1) is 12.7. The minimum atomic E-state index is 0.169. The van der Waals surface area contributed by atoms with Gasteiger partial charge in [-0.15, -0.1) is 11.3 Å². The van der Waals surface area contributed by atoms with Crippen molar-refractivity contribution in [1.29, 1.82) is 0 Å². The number of hydrogen-bond acceptors (Lipinski definition) is 3. The molecule has 2 aromatic rings. The zero-order valence-corrected chi connectivity index (χ0v) is 11.1. The van der Waals surface area contributed by atoms with Gasteiger partial charge in [0.1, 0.15) is 11.5 Å². The Morgan fingerprint density at radius 1 is 1.17 bits per heavy atom. The highest BCUT2D eigenvalue weighted by atomic mass is 32.1. The van der Waals surface area contributed by atoms with Gasteiger partial charge in [0.05, 0.1) is 0 Å². The van der Waals surface area contributed by atoms with Gasteiger partial charge >= 0.3 is 0 Å². The van der Waals surface area contributed by atoms with E-state index in [0.29, 0.717) is 12.0 Å². The third-order valence-electron chi connectivity index (χ3n) is 2.71. The Labute approximate surface area is 111 Å². The van der Waals surface area contributed by atoms with E-state index in [0.717, 1.165) is 16.9 Å². The number of rotatable bonds is 4. The smallest absolute Gasteiger partial charge is 0.123 e. The van der Waals surface area contributed by atoms with Crippen molar-refractivity contribution in [2.24, 2.45) is 0 Å². The molecule has 18 heavy (non-hydrogen) atoms. The molecule has 0 saturated heterocycles. The zero-order valence-electron chi connectivity index (χ0n) is 10.3. The Balaban J connectivity index is 2.25. The molecule has 2 nitrogen and oxygen atoms in total. The summed E-state index contributed by atoms with van der Waals surface area (Å²) < 4.78 is 0. The molecule has 0 aliphatic carbocycles. The van der Waals surface area contributed by atoms with Crippen LogP contribution in [0.1, 0.15) is 29.3 Å². The maximum absolute atomic E-state index is 9.87. The maximum Gasteiger partial charge on any atom is 0.123 e. The van der Waals surface area contributed by atoms with E-state index in [1.54, 1.807) is 23.5 Å². The average molecular weight is 260 g/mol. The Morgan fingerprint density at radius 3 is 2.44 bits per heavy atom. The fraction of sp³-hybridized carbons (Fsp3) is 0.200. The molecule has 3 heteroatoms. The highest BCUT2D eigenvalue weighted by Crippen LogP contribution is 2.30. The van der Waals surface area contributed by atoms with Crippen molar-refractivity contribution in [3.63, 3.8) is 0 Å². The summed E-state index contributed by atoms with van der Waals surface area (Å²) in [5, 5.41) is 21.8. The van der Waals surface area contributed by atoms with Crippen molar-refractivity contribution in [1.82, 2.24) is 0 Å². The maximum atomic E-state index is 9.87. The van der Waals surface area contributed by atoms with E-state index in [1.807, 2.05) is 36.6 Å². The first-order valence-electron chi connectivity index (χ1n) is 5.97. The number of benzene rings is 1. The first-order valence-corrected chi connectivity index (χ1v) is 6.85. The van der Waals surface area contributed by atoms with Crippen LogP contribution in [0.2, 0.25) is 0 Å². The van der Waals surface area contributed by atoms with Gasteiger partial charge in [0.2, 0.25) is 0 Å². The Hall–Kier alpha value is -1.74. The van der Waals surface area contributed by atoms with Crippen LogP contribution in [-0.4, -0.2) is 10.2 Å². The predicted octanol–water partition coefficient (Wildman–Crippen LogP) is 4.28. The highest BCUT2D eigenvalue weighted by molar-refractivity contribution is 7.10. The molecule has 0 unspecified atom stereocenters. The molecule has 0 aliphatic heterocycles. The molecule has 0 saturated carbocycles. The molecule has 0 bridgehead atoms. The van der Waals surface area contributed by atoms with Crippen molar-refractivity contribution in [2.45, 2.75) is 19.8 Å². The van der Waals surface area contributed by atoms with Crippen LogP contribution in [-0.2, 0) is 6.42 Å². The third-order valence-corrected chi connectivity index (χ3v) is 3.55. The summed E-state index contributed by atoms with van der Waals surface area (Å²) in [5.41, 5.74) is 1.43. The van der Waals surface area contributed by atoms with Crippen molar-refractivity contribution >= 4 is 23.5 Å². The van der Waals surface area contributed by atoms with E-state index in [9.17, 15) is 10.2 Å². The van der Waals surface area contributed by atoms with E-state index in [2.05, 4.69) is 0 Å². The second-order valence-corrected chi connectivity index (χ2v) is 5.12. The van der Waals surface area contributed by atoms with Crippen LogP contribution in [0.5, 0.6) is 11.5 Å². The second-order valence-electron chi connectivity index (χ2n) is 4.14. The minimum Gasteiger partial charge on any atom is -0.508 e. The third kappa shape index (κ3) is 2.93. The van der Waals surface area contributed by atoms with Gasteiger partial charge in [0.15, 0.2) is 0 Å². The normalized spacial score (nSPS) is 11.2. The number of phenols is 2. The SMILES string of the molecule is CCCc1c(O)cc(C=Cc2cccs2)cc1O. The molecule has 0 spiro atoms. The van der Waals surface area contributed by atoms with Crippen LogP contribution in [0.15, 0.2) is 29.6 Å². The number of thiophene rings is 1. The molecule has 94 valence electrons. The second kappa shape index (κ2) is 5.74. The summed E-state index contributed by atoms with van der Waals surface area (Å²) in [6.45, 7) is 2.02. The van der Waals surface area contributed by atoms with Gasteiger partial charge in [0, 0.05) is 10.4 Å². The van der Waals surface area contributed by atoms with Gasteiger partial charge in [-0.2, -0.15) is 0 Å². The van der Waals surface area contributed by atoms with Crippen molar-refractivity contribution in [3.05, 3.63) is 45.6 Å². The molecule has 0 radical (unpaired) electrons. The molecular formula is C15H16O2S. The van der Waals surface area contributed by atoms with Crippen LogP contribution in [0.25, 0.3) is 12.2 Å². The van der Waals surface area contributed by atoms with Gasteiger partial charge < -0.3 is 10.2 Å². The molecule has 1 aromatic heterocycles.